The molecule has 0 aliphatic carbocycles. The largest absolute Gasteiger partial charge is 0.365 e. The van der Waals surface area contributed by atoms with Crippen molar-refractivity contribution in [1.29, 1.82) is 0 Å². The van der Waals surface area contributed by atoms with Gasteiger partial charge in [0.2, 0.25) is 5.91 Å². The average Bonchev–Trinajstić information content (AvgIpc) is 2.85. The Kier molecular flexibility index (Phi) is 7.45. The zero-order valence-electron chi connectivity index (χ0n) is 18.8. The molecule has 3 aromatic carbocycles. The number of carbonyl (C=O) groups is 2. The van der Waals surface area contributed by atoms with Gasteiger partial charge in [0, 0.05) is 38.7 Å². The number of hydrogen-bond acceptors (Lipinski definition) is 4. The van der Waals surface area contributed by atoms with Crippen LogP contribution in [0.3, 0.4) is 0 Å². The summed E-state index contributed by atoms with van der Waals surface area (Å²) in [6, 6.07) is 22.9. The maximum absolute atomic E-state index is 12.7. The van der Waals surface area contributed by atoms with Gasteiger partial charge in [-0.05, 0) is 47.6 Å². The van der Waals surface area contributed by atoms with Crippen LogP contribution in [0.1, 0.15) is 17.3 Å². The van der Waals surface area contributed by atoms with Gasteiger partial charge in [-0.3, -0.25) is 14.9 Å². The molecular weight excluding hydrogens is 468 g/mol. The minimum Gasteiger partial charge on any atom is -0.365 e. The number of piperazine rings is 1. The van der Waals surface area contributed by atoms with Crippen molar-refractivity contribution in [3.05, 3.63) is 83.4 Å². The predicted octanol–water partition coefficient (Wildman–Crippen LogP) is 4.80. The Labute approximate surface area is 209 Å². The van der Waals surface area contributed by atoms with Gasteiger partial charge < -0.3 is 15.1 Å². The van der Waals surface area contributed by atoms with Crippen LogP contribution in [0.15, 0.2) is 72.8 Å². The number of carbonyl (C=O) groups excluding carboxylic acids is 2. The molecule has 1 aliphatic heterocycles. The fraction of sp³-hybridized carbons (Fsp3) is 0.192. The minimum absolute atomic E-state index is 0.0675. The highest BCUT2D eigenvalue weighted by molar-refractivity contribution is 7.80. The standard InChI is InChI=1S/C26H25ClN4O2S/c1-18(32)30-14-16-31(17-15-30)24-22(27)8-5-9-23(24)28-26(34)29-25(33)21-12-10-20(11-13-21)19-6-3-2-4-7-19/h2-13H,14-17H2,1H3,(H2,28,29,33,34). The van der Waals surface area contributed by atoms with Crippen LogP contribution in [0, 0.1) is 0 Å². The van der Waals surface area contributed by atoms with Gasteiger partial charge in [0.1, 0.15) is 0 Å². The van der Waals surface area contributed by atoms with Crippen LogP contribution in [-0.2, 0) is 4.79 Å². The smallest absolute Gasteiger partial charge is 0.257 e. The lowest BCUT2D eigenvalue weighted by atomic mass is 10.0. The molecule has 2 amide bonds. The maximum Gasteiger partial charge on any atom is 0.257 e. The molecule has 1 aliphatic rings. The second-order valence-corrected chi connectivity index (χ2v) is 8.80. The monoisotopic (exact) mass is 492 g/mol. The minimum atomic E-state index is -0.296. The number of nitrogens with one attached hydrogen (secondary N) is 2. The van der Waals surface area contributed by atoms with Gasteiger partial charge in [0.25, 0.3) is 5.91 Å². The van der Waals surface area contributed by atoms with Crippen LogP contribution in [0.2, 0.25) is 5.02 Å². The molecule has 0 aromatic heterocycles. The van der Waals surface area contributed by atoms with Crippen molar-refractivity contribution in [1.82, 2.24) is 10.2 Å². The van der Waals surface area contributed by atoms with Crippen molar-refractivity contribution >= 4 is 52.1 Å². The van der Waals surface area contributed by atoms with E-state index in [0.29, 0.717) is 42.5 Å². The van der Waals surface area contributed by atoms with Crippen molar-refractivity contribution in [3.63, 3.8) is 0 Å². The first-order chi connectivity index (χ1) is 16.4. The van der Waals surface area contributed by atoms with E-state index in [1.54, 1.807) is 19.1 Å². The number of amides is 2. The molecule has 3 aromatic rings. The summed E-state index contributed by atoms with van der Waals surface area (Å²) in [4.78, 5) is 28.3. The summed E-state index contributed by atoms with van der Waals surface area (Å²) in [6.45, 7) is 4.14. The highest BCUT2D eigenvalue weighted by atomic mass is 35.5. The molecule has 0 atom stereocenters. The summed E-state index contributed by atoms with van der Waals surface area (Å²) in [5.74, 6) is -0.228. The normalized spacial score (nSPS) is 13.4. The maximum atomic E-state index is 12.7. The Morgan fingerprint density at radius 2 is 1.50 bits per heavy atom. The van der Waals surface area contributed by atoms with Gasteiger partial charge in [-0.2, -0.15) is 0 Å². The van der Waals surface area contributed by atoms with E-state index in [2.05, 4.69) is 15.5 Å². The van der Waals surface area contributed by atoms with Crippen LogP contribution in [-0.4, -0.2) is 48.0 Å². The van der Waals surface area contributed by atoms with Crippen LogP contribution in [0.5, 0.6) is 0 Å². The predicted molar refractivity (Wildman–Crippen MR) is 141 cm³/mol. The van der Waals surface area contributed by atoms with E-state index in [-0.39, 0.29) is 16.9 Å². The van der Waals surface area contributed by atoms with Crippen LogP contribution >= 0.6 is 23.8 Å². The molecule has 6 nitrogen and oxygen atoms in total. The van der Waals surface area contributed by atoms with Crippen molar-refractivity contribution in [2.24, 2.45) is 0 Å². The molecule has 1 saturated heterocycles. The van der Waals surface area contributed by atoms with E-state index in [9.17, 15) is 9.59 Å². The van der Waals surface area contributed by atoms with E-state index in [4.69, 9.17) is 23.8 Å². The molecule has 1 heterocycles. The Bertz CT molecular complexity index is 1190. The topological polar surface area (TPSA) is 64.7 Å². The first-order valence-corrected chi connectivity index (χ1v) is 11.8. The van der Waals surface area contributed by atoms with Crippen LogP contribution in [0.25, 0.3) is 11.1 Å². The first kappa shape index (κ1) is 23.7. The van der Waals surface area contributed by atoms with E-state index in [0.717, 1.165) is 16.8 Å². The Hall–Kier alpha value is -3.42. The third-order valence-corrected chi connectivity index (χ3v) is 6.27. The van der Waals surface area contributed by atoms with Gasteiger partial charge in [0.15, 0.2) is 5.11 Å². The molecule has 0 radical (unpaired) electrons. The molecule has 4 rings (SSSR count). The number of thiocarbonyl (C=S) groups is 1. The Morgan fingerprint density at radius 3 is 2.15 bits per heavy atom. The highest BCUT2D eigenvalue weighted by Crippen LogP contribution is 2.34. The highest BCUT2D eigenvalue weighted by Gasteiger charge is 2.23. The summed E-state index contributed by atoms with van der Waals surface area (Å²) in [7, 11) is 0. The molecule has 2 N–H and O–H groups in total. The fourth-order valence-corrected chi connectivity index (χ4v) is 4.45. The molecule has 0 spiro atoms. The van der Waals surface area contributed by atoms with Crippen molar-refractivity contribution in [2.75, 3.05) is 36.4 Å². The molecule has 1 fully saturated rings. The van der Waals surface area contributed by atoms with Crippen LogP contribution in [0.4, 0.5) is 11.4 Å². The van der Waals surface area contributed by atoms with Gasteiger partial charge in [-0.25, -0.2) is 0 Å². The summed E-state index contributed by atoms with van der Waals surface area (Å²) < 4.78 is 0. The molecule has 174 valence electrons. The number of rotatable bonds is 4. The summed E-state index contributed by atoms with van der Waals surface area (Å²) in [5, 5.41) is 6.61. The number of nitrogens with zero attached hydrogens (tertiary/aromatic N) is 2. The lowest BCUT2D eigenvalue weighted by Crippen LogP contribution is -2.48. The molecule has 8 heteroatoms. The van der Waals surface area contributed by atoms with Gasteiger partial charge in [-0.15, -0.1) is 0 Å². The van der Waals surface area contributed by atoms with Crippen molar-refractivity contribution in [2.45, 2.75) is 6.92 Å². The Balaban J connectivity index is 1.42. The summed E-state index contributed by atoms with van der Waals surface area (Å²) in [6.07, 6.45) is 0. The van der Waals surface area contributed by atoms with E-state index in [1.165, 1.54) is 0 Å². The zero-order valence-corrected chi connectivity index (χ0v) is 20.3. The third-order valence-electron chi connectivity index (χ3n) is 5.76. The van der Waals surface area contributed by atoms with Gasteiger partial charge in [0.05, 0.1) is 16.4 Å². The third kappa shape index (κ3) is 5.55. The first-order valence-electron chi connectivity index (χ1n) is 11.0. The van der Waals surface area contributed by atoms with E-state index >= 15 is 0 Å². The molecule has 0 saturated carbocycles. The second-order valence-electron chi connectivity index (χ2n) is 7.98. The average molecular weight is 493 g/mol. The Morgan fingerprint density at radius 1 is 0.853 bits per heavy atom. The summed E-state index contributed by atoms with van der Waals surface area (Å²) in [5.41, 5.74) is 4.13. The van der Waals surface area contributed by atoms with Crippen LogP contribution < -0.4 is 15.5 Å². The van der Waals surface area contributed by atoms with Gasteiger partial charge >= 0.3 is 0 Å². The van der Waals surface area contributed by atoms with Crippen molar-refractivity contribution in [3.8, 4) is 11.1 Å². The molecule has 0 unspecified atom stereocenters. The SMILES string of the molecule is CC(=O)N1CCN(c2c(Cl)cccc2NC(=S)NC(=O)c2ccc(-c3ccccc3)cc2)CC1. The number of anilines is 2. The zero-order chi connectivity index (χ0) is 24.1. The number of hydrogen-bond donors (Lipinski definition) is 2. The van der Waals surface area contributed by atoms with E-state index in [1.807, 2.05) is 65.6 Å². The number of halogens is 1. The fourth-order valence-electron chi connectivity index (χ4n) is 3.96. The molecular formula is C26H25ClN4O2S. The van der Waals surface area contributed by atoms with Crippen molar-refractivity contribution < 1.29 is 9.59 Å². The second kappa shape index (κ2) is 10.7. The lowest BCUT2D eigenvalue weighted by Gasteiger charge is -2.37. The summed E-state index contributed by atoms with van der Waals surface area (Å²) >= 11 is 11.9. The number of benzene rings is 3. The lowest BCUT2D eigenvalue weighted by molar-refractivity contribution is -0.129. The van der Waals surface area contributed by atoms with E-state index < -0.39 is 0 Å². The molecule has 34 heavy (non-hydrogen) atoms. The number of para-hydroxylation sites is 1. The van der Waals surface area contributed by atoms with Gasteiger partial charge in [-0.1, -0.05) is 60.1 Å². The molecule has 0 bridgehead atoms. The quantitative estimate of drug-likeness (QED) is 0.512.